The number of nitrogens with zero attached hydrogens (tertiary/aromatic N) is 1. The minimum absolute atomic E-state index is 0.199. The summed E-state index contributed by atoms with van der Waals surface area (Å²) >= 11 is 6.01. The van der Waals surface area contributed by atoms with Crippen molar-refractivity contribution in [3.05, 3.63) is 64.4 Å². The van der Waals surface area contributed by atoms with E-state index in [-0.39, 0.29) is 13.0 Å². The first kappa shape index (κ1) is 18.8. The minimum Gasteiger partial charge on any atom is -0.382 e. The number of carbonyl (C=O) groups is 2. The van der Waals surface area contributed by atoms with Crippen molar-refractivity contribution >= 4 is 34.8 Å². The molecule has 0 saturated carbocycles. The standard InChI is InChI=1S/C19H17ClFN3O3/c1-11-14(20)6-3-7-15(11)23-18(25)10-22-19(26)17-9-16(24-27-17)12-4-2-5-13(21)8-12/h2-8,17H,9-10H2,1H3,(H,22,26)(H,23,25)/t17-/m1/s1. The summed E-state index contributed by atoms with van der Waals surface area (Å²) in [6.07, 6.45) is -0.659. The second kappa shape index (κ2) is 8.18. The lowest BCUT2D eigenvalue weighted by atomic mass is 10.0. The molecule has 0 unspecified atom stereocenters. The van der Waals surface area contributed by atoms with Gasteiger partial charge in [0, 0.05) is 22.7 Å². The van der Waals surface area contributed by atoms with Crippen molar-refractivity contribution in [2.24, 2.45) is 5.16 Å². The van der Waals surface area contributed by atoms with Crippen molar-refractivity contribution in [2.45, 2.75) is 19.4 Å². The molecule has 1 atom stereocenters. The van der Waals surface area contributed by atoms with Crippen molar-refractivity contribution in [1.29, 1.82) is 0 Å². The van der Waals surface area contributed by atoms with E-state index in [4.69, 9.17) is 16.4 Å². The summed E-state index contributed by atoms with van der Waals surface area (Å²) in [6, 6.07) is 11.1. The highest BCUT2D eigenvalue weighted by Crippen LogP contribution is 2.22. The maximum Gasteiger partial charge on any atom is 0.264 e. The van der Waals surface area contributed by atoms with Crippen LogP contribution in [-0.4, -0.2) is 30.2 Å². The summed E-state index contributed by atoms with van der Waals surface area (Å²) < 4.78 is 13.3. The van der Waals surface area contributed by atoms with E-state index in [1.54, 1.807) is 37.3 Å². The molecule has 0 bridgehead atoms. The highest BCUT2D eigenvalue weighted by molar-refractivity contribution is 6.31. The zero-order chi connectivity index (χ0) is 19.4. The average Bonchev–Trinajstić information content (AvgIpc) is 3.14. The summed E-state index contributed by atoms with van der Waals surface area (Å²) in [7, 11) is 0. The molecule has 0 saturated heterocycles. The number of oxime groups is 1. The number of halogens is 2. The Kier molecular flexibility index (Phi) is 5.71. The van der Waals surface area contributed by atoms with Crippen LogP contribution in [0.15, 0.2) is 47.6 Å². The summed E-state index contributed by atoms with van der Waals surface area (Å²) in [5.74, 6) is -1.25. The van der Waals surface area contributed by atoms with Gasteiger partial charge in [-0.05, 0) is 36.8 Å². The van der Waals surface area contributed by atoms with E-state index in [0.717, 1.165) is 5.56 Å². The van der Waals surface area contributed by atoms with Gasteiger partial charge >= 0.3 is 0 Å². The van der Waals surface area contributed by atoms with Crippen LogP contribution in [0.2, 0.25) is 5.02 Å². The predicted molar refractivity (Wildman–Crippen MR) is 100 cm³/mol. The molecule has 140 valence electrons. The van der Waals surface area contributed by atoms with Crippen LogP contribution in [0.3, 0.4) is 0 Å². The number of benzene rings is 2. The zero-order valence-corrected chi connectivity index (χ0v) is 15.2. The van der Waals surface area contributed by atoms with Gasteiger partial charge in [-0.25, -0.2) is 4.39 Å². The maximum absolute atomic E-state index is 13.3. The molecule has 2 aromatic carbocycles. The monoisotopic (exact) mass is 389 g/mol. The second-order valence-electron chi connectivity index (χ2n) is 6.02. The predicted octanol–water partition coefficient (Wildman–Crippen LogP) is 3.04. The maximum atomic E-state index is 13.3. The second-order valence-corrected chi connectivity index (χ2v) is 6.43. The number of nitrogens with one attached hydrogen (secondary N) is 2. The average molecular weight is 390 g/mol. The number of hydrogen-bond acceptors (Lipinski definition) is 4. The molecular formula is C19H17ClFN3O3. The molecule has 8 heteroatoms. The van der Waals surface area contributed by atoms with Gasteiger partial charge < -0.3 is 15.5 Å². The largest absolute Gasteiger partial charge is 0.382 e. The topological polar surface area (TPSA) is 79.8 Å². The molecular weight excluding hydrogens is 373 g/mol. The molecule has 1 aliphatic rings. The molecule has 0 aliphatic carbocycles. The highest BCUT2D eigenvalue weighted by atomic mass is 35.5. The van der Waals surface area contributed by atoms with Gasteiger partial charge in [-0.15, -0.1) is 0 Å². The number of rotatable bonds is 5. The lowest BCUT2D eigenvalue weighted by Gasteiger charge is -2.11. The Bertz CT molecular complexity index is 917. The fraction of sp³-hybridized carbons (Fsp3) is 0.211. The molecule has 1 aliphatic heterocycles. The van der Waals surface area contributed by atoms with E-state index in [0.29, 0.717) is 22.0 Å². The lowest BCUT2D eigenvalue weighted by Crippen LogP contribution is -2.39. The molecule has 0 spiro atoms. The first-order valence-electron chi connectivity index (χ1n) is 8.25. The first-order chi connectivity index (χ1) is 12.9. The van der Waals surface area contributed by atoms with Crippen LogP contribution < -0.4 is 10.6 Å². The van der Waals surface area contributed by atoms with Crippen molar-refractivity contribution in [1.82, 2.24) is 5.32 Å². The van der Waals surface area contributed by atoms with Gasteiger partial charge in [0.15, 0.2) is 0 Å². The summed E-state index contributed by atoms with van der Waals surface area (Å²) in [4.78, 5) is 29.3. The molecule has 0 aromatic heterocycles. The Labute approximate surface area is 160 Å². The fourth-order valence-electron chi connectivity index (χ4n) is 2.58. The third-order valence-corrected chi connectivity index (χ3v) is 4.49. The highest BCUT2D eigenvalue weighted by Gasteiger charge is 2.29. The van der Waals surface area contributed by atoms with E-state index in [9.17, 15) is 14.0 Å². The van der Waals surface area contributed by atoms with E-state index in [1.807, 2.05) is 0 Å². The Hall–Kier alpha value is -2.93. The molecule has 0 fully saturated rings. The molecule has 27 heavy (non-hydrogen) atoms. The number of anilines is 1. The van der Waals surface area contributed by atoms with Crippen molar-refractivity contribution in [3.8, 4) is 0 Å². The van der Waals surface area contributed by atoms with Crippen LogP contribution in [0.1, 0.15) is 17.5 Å². The summed E-state index contributed by atoms with van der Waals surface area (Å²) in [5, 5.41) is 9.57. The molecule has 2 N–H and O–H groups in total. The van der Waals surface area contributed by atoms with Crippen LogP contribution in [0.25, 0.3) is 0 Å². The van der Waals surface area contributed by atoms with Gasteiger partial charge in [-0.3, -0.25) is 9.59 Å². The van der Waals surface area contributed by atoms with Gasteiger partial charge in [0.1, 0.15) is 5.82 Å². The molecule has 2 aromatic rings. The smallest absolute Gasteiger partial charge is 0.264 e. The minimum atomic E-state index is -0.857. The SMILES string of the molecule is Cc1c(Cl)cccc1NC(=O)CNC(=O)[C@H]1CC(c2cccc(F)c2)=NO1. The van der Waals surface area contributed by atoms with E-state index in [1.165, 1.54) is 12.1 Å². The number of amides is 2. The Balaban J connectivity index is 1.50. The third kappa shape index (κ3) is 4.62. The van der Waals surface area contributed by atoms with Crippen molar-refractivity contribution in [2.75, 3.05) is 11.9 Å². The normalized spacial score (nSPS) is 15.7. The first-order valence-corrected chi connectivity index (χ1v) is 8.63. The Morgan fingerprint density at radius 3 is 2.85 bits per heavy atom. The lowest BCUT2D eigenvalue weighted by molar-refractivity contribution is -0.132. The van der Waals surface area contributed by atoms with Crippen LogP contribution in [-0.2, 0) is 14.4 Å². The summed E-state index contributed by atoms with van der Waals surface area (Å²) in [6.45, 7) is 1.56. The number of hydrogen-bond donors (Lipinski definition) is 2. The Morgan fingerprint density at radius 1 is 1.30 bits per heavy atom. The quantitative estimate of drug-likeness (QED) is 0.824. The van der Waals surface area contributed by atoms with E-state index < -0.39 is 23.7 Å². The van der Waals surface area contributed by atoms with E-state index in [2.05, 4.69) is 15.8 Å². The molecule has 0 radical (unpaired) electrons. The van der Waals surface area contributed by atoms with Gasteiger partial charge in [0.05, 0.1) is 12.3 Å². The number of carbonyl (C=O) groups excluding carboxylic acids is 2. The van der Waals surface area contributed by atoms with Crippen LogP contribution >= 0.6 is 11.6 Å². The van der Waals surface area contributed by atoms with Crippen LogP contribution in [0.5, 0.6) is 0 Å². The van der Waals surface area contributed by atoms with Crippen molar-refractivity contribution in [3.63, 3.8) is 0 Å². The van der Waals surface area contributed by atoms with Gasteiger partial charge in [0.25, 0.3) is 5.91 Å². The third-order valence-electron chi connectivity index (χ3n) is 4.08. The van der Waals surface area contributed by atoms with Crippen molar-refractivity contribution < 1.29 is 18.8 Å². The van der Waals surface area contributed by atoms with Crippen LogP contribution in [0, 0.1) is 12.7 Å². The summed E-state index contributed by atoms with van der Waals surface area (Å²) in [5.41, 5.74) is 2.36. The molecule has 6 nitrogen and oxygen atoms in total. The van der Waals surface area contributed by atoms with Gasteiger partial charge in [0.2, 0.25) is 12.0 Å². The van der Waals surface area contributed by atoms with Gasteiger partial charge in [-0.1, -0.05) is 35.0 Å². The molecule has 3 rings (SSSR count). The fourth-order valence-corrected chi connectivity index (χ4v) is 2.75. The zero-order valence-electron chi connectivity index (χ0n) is 14.5. The Morgan fingerprint density at radius 2 is 2.07 bits per heavy atom. The van der Waals surface area contributed by atoms with Gasteiger partial charge in [-0.2, -0.15) is 0 Å². The van der Waals surface area contributed by atoms with E-state index >= 15 is 0 Å². The molecule has 1 heterocycles. The van der Waals surface area contributed by atoms with Crippen LogP contribution in [0.4, 0.5) is 10.1 Å². The molecule has 2 amide bonds.